The lowest BCUT2D eigenvalue weighted by Crippen LogP contribution is -2.61. The van der Waals surface area contributed by atoms with Crippen molar-refractivity contribution in [2.24, 2.45) is 0 Å². The minimum atomic E-state index is -1.33. The van der Waals surface area contributed by atoms with Gasteiger partial charge in [-0.25, -0.2) is 0 Å². The highest BCUT2D eigenvalue weighted by atomic mass is 16.7. The van der Waals surface area contributed by atoms with E-state index in [0.29, 0.717) is 6.61 Å². The number of carbonyl (C=O) groups is 1. The Balaban J connectivity index is 1.51. The first-order valence-corrected chi connectivity index (χ1v) is 12.0. The molecule has 7 heteroatoms. The monoisotopic (exact) mass is 492 g/mol. The van der Waals surface area contributed by atoms with Gasteiger partial charge in [0.05, 0.1) is 26.4 Å². The quantitative estimate of drug-likeness (QED) is 0.405. The fraction of sp³-hybridized carbons (Fsp3) is 0.345. The van der Waals surface area contributed by atoms with Gasteiger partial charge in [0.2, 0.25) is 0 Å². The van der Waals surface area contributed by atoms with Crippen molar-refractivity contribution in [3.63, 3.8) is 0 Å². The smallest absolute Gasteiger partial charge is 0.303 e. The standard InChI is InChI=1S/C29H32O7/c1-21(30)35-27-26(33-18-23-13-7-3-8-14-23)25(20-32-17-22-11-5-2-6-12-22)36-29(31)28(27)34-19-24-15-9-4-10-16-24/h2-16,25-29,31H,17-20H2,1H3/t25-,26+,27+,28-,29-/m1/s1. The van der Waals surface area contributed by atoms with E-state index < -0.39 is 36.7 Å². The van der Waals surface area contributed by atoms with Crippen LogP contribution in [0, 0.1) is 0 Å². The van der Waals surface area contributed by atoms with Gasteiger partial charge < -0.3 is 28.8 Å². The number of carbonyl (C=O) groups excluding carboxylic acids is 1. The Kier molecular flexibility index (Phi) is 9.61. The van der Waals surface area contributed by atoms with Gasteiger partial charge in [-0.3, -0.25) is 4.79 Å². The van der Waals surface area contributed by atoms with Gasteiger partial charge in [-0.1, -0.05) is 91.0 Å². The van der Waals surface area contributed by atoms with Crippen molar-refractivity contribution in [3.05, 3.63) is 108 Å². The summed E-state index contributed by atoms with van der Waals surface area (Å²) in [7, 11) is 0. The zero-order valence-corrected chi connectivity index (χ0v) is 20.3. The summed E-state index contributed by atoms with van der Waals surface area (Å²) in [5.41, 5.74) is 2.88. The molecule has 1 heterocycles. The van der Waals surface area contributed by atoms with Gasteiger partial charge in [0.25, 0.3) is 0 Å². The maximum Gasteiger partial charge on any atom is 0.303 e. The molecule has 5 atom stereocenters. The third-order valence-corrected chi connectivity index (χ3v) is 5.88. The zero-order chi connectivity index (χ0) is 25.2. The van der Waals surface area contributed by atoms with Crippen molar-refractivity contribution in [1.82, 2.24) is 0 Å². The first-order valence-electron chi connectivity index (χ1n) is 12.0. The van der Waals surface area contributed by atoms with E-state index in [2.05, 4.69) is 0 Å². The Morgan fingerprint density at radius 2 is 1.19 bits per heavy atom. The molecule has 0 spiro atoms. The Morgan fingerprint density at radius 3 is 1.69 bits per heavy atom. The highest BCUT2D eigenvalue weighted by Gasteiger charge is 2.49. The van der Waals surface area contributed by atoms with E-state index in [0.717, 1.165) is 16.7 Å². The average Bonchev–Trinajstić information content (AvgIpc) is 2.89. The molecule has 3 aromatic rings. The van der Waals surface area contributed by atoms with E-state index in [1.165, 1.54) is 6.92 Å². The molecular weight excluding hydrogens is 460 g/mol. The summed E-state index contributed by atoms with van der Waals surface area (Å²) in [5.74, 6) is -0.500. The second-order valence-corrected chi connectivity index (χ2v) is 8.66. The number of aliphatic hydroxyl groups is 1. The molecule has 4 rings (SSSR count). The first-order chi connectivity index (χ1) is 17.6. The van der Waals surface area contributed by atoms with Crippen LogP contribution in [0.15, 0.2) is 91.0 Å². The SMILES string of the molecule is CC(=O)O[C@@H]1[C@@H](OCc2ccccc2)[C@H](O)O[C@H](COCc2ccccc2)[C@@H]1OCc1ccccc1. The van der Waals surface area contributed by atoms with Crippen LogP contribution in [0.1, 0.15) is 23.6 Å². The van der Waals surface area contributed by atoms with Crippen molar-refractivity contribution in [2.45, 2.75) is 57.5 Å². The summed E-state index contributed by atoms with van der Waals surface area (Å²) < 4.78 is 29.8. The van der Waals surface area contributed by atoms with Crippen molar-refractivity contribution < 1.29 is 33.6 Å². The fourth-order valence-corrected chi connectivity index (χ4v) is 4.13. The molecule has 0 bridgehead atoms. The van der Waals surface area contributed by atoms with Crippen LogP contribution in [0.3, 0.4) is 0 Å². The van der Waals surface area contributed by atoms with Crippen LogP contribution in [-0.2, 0) is 48.3 Å². The maximum absolute atomic E-state index is 12.1. The number of hydrogen-bond acceptors (Lipinski definition) is 7. The second kappa shape index (κ2) is 13.3. The fourth-order valence-electron chi connectivity index (χ4n) is 4.13. The molecule has 3 aromatic carbocycles. The summed E-state index contributed by atoms with van der Waals surface area (Å²) in [6.07, 6.45) is -4.59. The minimum Gasteiger partial charge on any atom is -0.457 e. The van der Waals surface area contributed by atoms with Gasteiger partial charge in [-0.2, -0.15) is 0 Å². The molecule has 0 aliphatic carbocycles. The van der Waals surface area contributed by atoms with Crippen molar-refractivity contribution >= 4 is 5.97 Å². The van der Waals surface area contributed by atoms with Gasteiger partial charge in [0, 0.05) is 6.92 Å². The summed E-state index contributed by atoms with van der Waals surface area (Å²) in [6.45, 7) is 2.31. The summed E-state index contributed by atoms with van der Waals surface area (Å²) >= 11 is 0. The van der Waals surface area contributed by atoms with Crippen LogP contribution in [0.25, 0.3) is 0 Å². The van der Waals surface area contributed by atoms with E-state index in [-0.39, 0.29) is 19.8 Å². The molecule has 1 saturated heterocycles. The summed E-state index contributed by atoms with van der Waals surface area (Å²) in [5, 5.41) is 10.9. The summed E-state index contributed by atoms with van der Waals surface area (Å²) in [4.78, 5) is 12.1. The van der Waals surface area contributed by atoms with Gasteiger partial charge in [0.15, 0.2) is 12.4 Å². The molecular formula is C29H32O7. The van der Waals surface area contributed by atoms with E-state index in [1.807, 2.05) is 91.0 Å². The third-order valence-electron chi connectivity index (χ3n) is 5.88. The van der Waals surface area contributed by atoms with Crippen molar-refractivity contribution in [2.75, 3.05) is 6.61 Å². The normalized spacial score (nSPS) is 23.8. The molecule has 1 aliphatic heterocycles. The number of aliphatic hydroxyl groups excluding tert-OH is 1. The van der Waals surface area contributed by atoms with Crippen LogP contribution in [0.2, 0.25) is 0 Å². The lowest BCUT2D eigenvalue weighted by molar-refractivity contribution is -0.310. The van der Waals surface area contributed by atoms with Gasteiger partial charge >= 0.3 is 5.97 Å². The average molecular weight is 493 g/mol. The predicted octanol–water partition coefficient (Wildman–Crippen LogP) is 4.02. The highest BCUT2D eigenvalue weighted by Crippen LogP contribution is 2.29. The van der Waals surface area contributed by atoms with Crippen LogP contribution >= 0.6 is 0 Å². The maximum atomic E-state index is 12.1. The molecule has 0 amide bonds. The van der Waals surface area contributed by atoms with Crippen LogP contribution in [0.4, 0.5) is 0 Å². The molecule has 190 valence electrons. The van der Waals surface area contributed by atoms with Crippen LogP contribution < -0.4 is 0 Å². The molecule has 0 saturated carbocycles. The lowest BCUT2D eigenvalue weighted by atomic mass is 9.98. The largest absolute Gasteiger partial charge is 0.457 e. The third kappa shape index (κ3) is 7.46. The molecule has 1 fully saturated rings. The van der Waals surface area contributed by atoms with Gasteiger partial charge in [0.1, 0.15) is 18.3 Å². The Morgan fingerprint density at radius 1 is 0.722 bits per heavy atom. The van der Waals surface area contributed by atoms with Gasteiger partial charge in [-0.05, 0) is 16.7 Å². The molecule has 36 heavy (non-hydrogen) atoms. The molecule has 0 unspecified atom stereocenters. The molecule has 0 aromatic heterocycles. The molecule has 0 radical (unpaired) electrons. The zero-order valence-electron chi connectivity index (χ0n) is 20.3. The number of esters is 1. The van der Waals surface area contributed by atoms with E-state index >= 15 is 0 Å². The van der Waals surface area contributed by atoms with E-state index in [4.69, 9.17) is 23.7 Å². The number of rotatable bonds is 11. The Bertz CT molecular complexity index is 1040. The Labute approximate surface area is 211 Å². The van der Waals surface area contributed by atoms with Crippen LogP contribution in [-0.4, -0.2) is 48.4 Å². The van der Waals surface area contributed by atoms with Crippen LogP contribution in [0.5, 0.6) is 0 Å². The summed E-state index contributed by atoms with van der Waals surface area (Å²) in [6, 6.07) is 29.0. The predicted molar refractivity (Wildman–Crippen MR) is 133 cm³/mol. The number of ether oxygens (including phenoxy) is 5. The lowest BCUT2D eigenvalue weighted by Gasteiger charge is -2.43. The number of hydrogen-bond donors (Lipinski definition) is 1. The molecule has 7 nitrogen and oxygen atoms in total. The minimum absolute atomic E-state index is 0.134. The number of benzene rings is 3. The van der Waals surface area contributed by atoms with Gasteiger partial charge in [-0.15, -0.1) is 0 Å². The molecule has 1 aliphatic rings. The van der Waals surface area contributed by atoms with E-state index in [1.54, 1.807) is 0 Å². The van der Waals surface area contributed by atoms with Crippen molar-refractivity contribution in [3.8, 4) is 0 Å². The van der Waals surface area contributed by atoms with E-state index in [9.17, 15) is 9.90 Å². The highest BCUT2D eigenvalue weighted by molar-refractivity contribution is 5.66. The molecule has 1 N–H and O–H groups in total. The second-order valence-electron chi connectivity index (χ2n) is 8.66. The first kappa shape index (κ1) is 26.0. The van der Waals surface area contributed by atoms with Crippen molar-refractivity contribution in [1.29, 1.82) is 0 Å². The topological polar surface area (TPSA) is 83.5 Å². The Hall–Kier alpha value is -3.07.